The molecule has 7 nitrogen and oxygen atoms in total. The number of carbonyl (C=O) groups excluding carboxylic acids is 2. The first-order valence-corrected chi connectivity index (χ1v) is 8.80. The predicted molar refractivity (Wildman–Crippen MR) is 90.7 cm³/mol. The van der Waals surface area contributed by atoms with Gasteiger partial charge in [-0.2, -0.15) is 0 Å². The van der Waals surface area contributed by atoms with E-state index in [4.69, 9.17) is 14.2 Å². The molecule has 3 fully saturated rings. The molecule has 0 aromatic heterocycles. The molecule has 144 valence electrons. The molecule has 7 heteroatoms. The molecule has 0 saturated carbocycles. The van der Waals surface area contributed by atoms with Crippen LogP contribution in [0.1, 0.15) is 40.0 Å². The lowest BCUT2D eigenvalue weighted by molar-refractivity contribution is -0.216. The molecule has 2 bridgehead atoms. The predicted octanol–water partition coefficient (Wildman–Crippen LogP) is 1.23. The second-order valence-electron chi connectivity index (χ2n) is 8.14. The SMILES string of the molecule is C=C1CC(OC(=O)C(=C)C)C2C(C)C(=O)OC2C2OC(O)(C1)CC2(C)O. The van der Waals surface area contributed by atoms with Crippen LogP contribution in [0.15, 0.2) is 24.3 Å². The Balaban J connectivity index is 2.02. The average molecular weight is 366 g/mol. The van der Waals surface area contributed by atoms with Crippen molar-refractivity contribution in [2.45, 2.75) is 69.7 Å². The highest BCUT2D eigenvalue weighted by atomic mass is 16.7. The van der Waals surface area contributed by atoms with Crippen LogP contribution in [0.4, 0.5) is 0 Å². The van der Waals surface area contributed by atoms with E-state index in [2.05, 4.69) is 13.2 Å². The maximum atomic E-state index is 12.3. The number of ether oxygens (including phenoxy) is 3. The van der Waals surface area contributed by atoms with Gasteiger partial charge in [-0.15, -0.1) is 0 Å². The van der Waals surface area contributed by atoms with Crippen LogP contribution in [0.25, 0.3) is 0 Å². The highest BCUT2D eigenvalue weighted by Crippen LogP contribution is 2.49. The minimum absolute atomic E-state index is 0.0188. The van der Waals surface area contributed by atoms with E-state index < -0.39 is 53.5 Å². The average Bonchev–Trinajstić information content (AvgIpc) is 2.91. The molecular weight excluding hydrogens is 340 g/mol. The van der Waals surface area contributed by atoms with E-state index in [9.17, 15) is 19.8 Å². The Morgan fingerprint density at radius 3 is 2.65 bits per heavy atom. The van der Waals surface area contributed by atoms with Crippen molar-refractivity contribution in [1.82, 2.24) is 0 Å². The van der Waals surface area contributed by atoms with Gasteiger partial charge in [0.15, 0.2) is 5.79 Å². The molecule has 0 amide bonds. The van der Waals surface area contributed by atoms with E-state index in [0.29, 0.717) is 5.57 Å². The minimum atomic E-state index is -1.60. The molecule has 7 atom stereocenters. The zero-order valence-corrected chi connectivity index (χ0v) is 15.4. The zero-order chi connectivity index (χ0) is 19.4. The smallest absolute Gasteiger partial charge is 0.333 e. The van der Waals surface area contributed by atoms with Gasteiger partial charge in [-0.1, -0.05) is 25.7 Å². The molecular formula is C19H26O7. The third kappa shape index (κ3) is 3.19. The van der Waals surface area contributed by atoms with Gasteiger partial charge in [-0.25, -0.2) is 4.79 Å². The van der Waals surface area contributed by atoms with E-state index in [1.807, 2.05) is 0 Å². The molecule has 0 aliphatic carbocycles. The van der Waals surface area contributed by atoms with Crippen LogP contribution < -0.4 is 0 Å². The van der Waals surface area contributed by atoms with Crippen LogP contribution in [0.5, 0.6) is 0 Å². The number of fused-ring (bicyclic) bond motifs is 4. The Bertz CT molecular complexity index is 667. The van der Waals surface area contributed by atoms with Crippen molar-refractivity contribution in [3.8, 4) is 0 Å². The largest absolute Gasteiger partial charge is 0.459 e. The summed E-state index contributed by atoms with van der Waals surface area (Å²) in [6.07, 6.45) is -2.11. The van der Waals surface area contributed by atoms with E-state index in [0.717, 1.165) is 0 Å². The van der Waals surface area contributed by atoms with Crippen molar-refractivity contribution in [1.29, 1.82) is 0 Å². The number of hydrogen-bond donors (Lipinski definition) is 2. The number of carbonyl (C=O) groups is 2. The standard InChI is InChI=1S/C19H26O7/c1-9(2)16(20)24-12-6-10(3)7-19(23)8-18(5,22)15(26-19)14-13(12)11(4)17(21)25-14/h11-15,22-23H,1,3,6-8H2,2,4-5H3. The van der Waals surface area contributed by atoms with Gasteiger partial charge < -0.3 is 24.4 Å². The van der Waals surface area contributed by atoms with Crippen LogP contribution >= 0.6 is 0 Å². The topological polar surface area (TPSA) is 102 Å². The summed E-state index contributed by atoms with van der Waals surface area (Å²) in [6, 6.07) is 0. The van der Waals surface area contributed by atoms with Crippen molar-refractivity contribution in [2.24, 2.45) is 11.8 Å². The molecule has 26 heavy (non-hydrogen) atoms. The fraction of sp³-hybridized carbons (Fsp3) is 0.684. The second-order valence-corrected chi connectivity index (χ2v) is 8.14. The van der Waals surface area contributed by atoms with Crippen molar-refractivity contribution < 1.29 is 34.0 Å². The molecule has 7 unspecified atom stereocenters. The zero-order valence-electron chi connectivity index (χ0n) is 15.4. The lowest BCUT2D eigenvalue weighted by Gasteiger charge is -2.34. The Kier molecular flexibility index (Phi) is 4.53. The Hall–Kier alpha value is -1.70. The fourth-order valence-electron chi connectivity index (χ4n) is 4.39. The van der Waals surface area contributed by atoms with Gasteiger partial charge in [0, 0.05) is 30.8 Å². The van der Waals surface area contributed by atoms with Crippen molar-refractivity contribution in [3.05, 3.63) is 24.3 Å². The Morgan fingerprint density at radius 1 is 1.38 bits per heavy atom. The fourth-order valence-corrected chi connectivity index (χ4v) is 4.39. The van der Waals surface area contributed by atoms with E-state index in [-0.39, 0.29) is 24.8 Å². The van der Waals surface area contributed by atoms with Gasteiger partial charge in [0.1, 0.15) is 18.3 Å². The summed E-state index contributed by atoms with van der Waals surface area (Å²) < 4.78 is 16.9. The first kappa shape index (κ1) is 19.1. The van der Waals surface area contributed by atoms with Crippen molar-refractivity contribution in [3.63, 3.8) is 0 Å². The van der Waals surface area contributed by atoms with Crippen LogP contribution in [0.3, 0.4) is 0 Å². The summed E-state index contributed by atoms with van der Waals surface area (Å²) >= 11 is 0. The quantitative estimate of drug-likeness (QED) is 0.430. The lowest BCUT2D eigenvalue weighted by Crippen LogP contribution is -2.49. The minimum Gasteiger partial charge on any atom is -0.459 e. The molecule has 0 spiro atoms. The molecule has 0 aromatic carbocycles. The monoisotopic (exact) mass is 366 g/mol. The molecule has 3 aliphatic rings. The van der Waals surface area contributed by atoms with E-state index in [1.54, 1.807) is 20.8 Å². The van der Waals surface area contributed by atoms with E-state index >= 15 is 0 Å². The summed E-state index contributed by atoms with van der Waals surface area (Å²) in [7, 11) is 0. The third-order valence-electron chi connectivity index (χ3n) is 5.52. The highest BCUT2D eigenvalue weighted by molar-refractivity contribution is 5.87. The Labute approximate surface area is 152 Å². The van der Waals surface area contributed by atoms with Gasteiger partial charge >= 0.3 is 11.9 Å². The summed E-state index contributed by atoms with van der Waals surface area (Å²) in [5.74, 6) is -3.69. The van der Waals surface area contributed by atoms with Crippen LogP contribution in [0.2, 0.25) is 0 Å². The number of hydrogen-bond acceptors (Lipinski definition) is 7. The summed E-state index contributed by atoms with van der Waals surface area (Å²) in [5, 5.41) is 21.6. The van der Waals surface area contributed by atoms with Gasteiger partial charge in [-0.05, 0) is 13.8 Å². The first-order valence-electron chi connectivity index (χ1n) is 8.80. The highest BCUT2D eigenvalue weighted by Gasteiger charge is 2.62. The van der Waals surface area contributed by atoms with Crippen LogP contribution in [-0.4, -0.2) is 51.9 Å². The van der Waals surface area contributed by atoms with Gasteiger partial charge in [0.05, 0.1) is 11.5 Å². The number of aliphatic hydroxyl groups is 2. The first-order chi connectivity index (χ1) is 11.9. The second kappa shape index (κ2) is 6.18. The molecule has 2 N–H and O–H groups in total. The van der Waals surface area contributed by atoms with E-state index in [1.165, 1.54) is 0 Å². The molecule has 3 aliphatic heterocycles. The maximum Gasteiger partial charge on any atom is 0.333 e. The Morgan fingerprint density at radius 2 is 2.04 bits per heavy atom. The van der Waals surface area contributed by atoms with Gasteiger partial charge in [0.25, 0.3) is 0 Å². The molecule has 0 aromatic rings. The maximum absolute atomic E-state index is 12.3. The molecule has 3 heterocycles. The van der Waals surface area contributed by atoms with Crippen LogP contribution in [-0.2, 0) is 23.8 Å². The summed E-state index contributed by atoms with van der Waals surface area (Å²) in [4.78, 5) is 24.4. The third-order valence-corrected chi connectivity index (χ3v) is 5.52. The van der Waals surface area contributed by atoms with Crippen LogP contribution in [0, 0.1) is 11.8 Å². The normalized spacial score (nSPS) is 45.2. The lowest BCUT2D eigenvalue weighted by atomic mass is 9.76. The van der Waals surface area contributed by atoms with Gasteiger partial charge in [0.2, 0.25) is 0 Å². The number of esters is 2. The summed E-state index contributed by atoms with van der Waals surface area (Å²) in [5.41, 5.74) is -0.549. The van der Waals surface area contributed by atoms with Crippen molar-refractivity contribution in [2.75, 3.05) is 0 Å². The number of rotatable bonds is 2. The van der Waals surface area contributed by atoms with Crippen molar-refractivity contribution >= 4 is 11.9 Å². The molecule has 0 radical (unpaired) electrons. The summed E-state index contributed by atoms with van der Waals surface area (Å²) in [6.45, 7) is 12.3. The van der Waals surface area contributed by atoms with Gasteiger partial charge in [-0.3, -0.25) is 4.79 Å². The molecule has 3 rings (SSSR count). The molecule has 3 saturated heterocycles.